The molecule has 1 N–H and O–H groups in total. The largest absolute Gasteiger partial charge is 0.507 e. The first kappa shape index (κ1) is 23.1. The molecule has 1 aliphatic heterocycles. The fourth-order valence-corrected chi connectivity index (χ4v) is 4.23. The summed E-state index contributed by atoms with van der Waals surface area (Å²) < 4.78 is 5.36. The molecule has 0 unspecified atom stereocenters. The molecule has 0 aliphatic carbocycles. The molecule has 0 atom stereocenters. The van der Waals surface area contributed by atoms with Crippen LogP contribution in [0.15, 0.2) is 65.4 Å². The van der Waals surface area contributed by atoms with Crippen molar-refractivity contribution in [3.05, 3.63) is 82.2 Å². The summed E-state index contributed by atoms with van der Waals surface area (Å²) in [5.41, 5.74) is 2.89. The number of nitrogens with zero attached hydrogens (tertiary/aromatic N) is 6. The van der Waals surface area contributed by atoms with Crippen molar-refractivity contribution in [2.24, 2.45) is 0 Å². The highest BCUT2D eigenvalue weighted by molar-refractivity contribution is 5.79. The zero-order valence-corrected chi connectivity index (χ0v) is 19.1. The molecule has 1 aliphatic rings. The normalized spacial score (nSPS) is 14.1. The quantitative estimate of drug-likeness (QED) is 0.234. The second-order valence-corrected chi connectivity index (χ2v) is 8.39. The number of nitro benzene ring substituents is 1. The third-order valence-corrected chi connectivity index (χ3v) is 6.12. The van der Waals surface area contributed by atoms with Crippen LogP contribution in [0, 0.1) is 10.1 Å². The Hall–Kier alpha value is -4.64. The maximum atomic E-state index is 11.9. The fourth-order valence-electron chi connectivity index (χ4n) is 4.23. The first-order valence-corrected chi connectivity index (χ1v) is 11.3. The third-order valence-electron chi connectivity index (χ3n) is 6.12. The van der Waals surface area contributed by atoms with Crippen LogP contribution in [-0.2, 0) is 6.54 Å². The number of carbonyl (C=O) groups is 1. The Morgan fingerprint density at radius 3 is 2.53 bits per heavy atom. The molecule has 4 aromatic rings. The molecule has 2 aromatic heterocycles. The third kappa shape index (κ3) is 4.77. The zero-order valence-electron chi connectivity index (χ0n) is 19.1. The number of nitro groups is 1. The first-order valence-electron chi connectivity index (χ1n) is 11.3. The predicted molar refractivity (Wildman–Crippen MR) is 131 cm³/mol. The Morgan fingerprint density at radius 2 is 1.81 bits per heavy atom. The molecule has 0 radical (unpaired) electrons. The van der Waals surface area contributed by atoms with Crippen molar-refractivity contribution >= 4 is 17.7 Å². The number of phenols is 1. The van der Waals surface area contributed by atoms with E-state index in [0.717, 1.165) is 11.1 Å². The number of hydrogen-bond donors (Lipinski definition) is 1. The maximum absolute atomic E-state index is 11.9. The van der Waals surface area contributed by atoms with Gasteiger partial charge in [0.05, 0.1) is 10.5 Å². The number of aldehydes is 1. The Balaban J connectivity index is 1.30. The average molecular weight is 486 g/mol. The molecule has 1 saturated heterocycles. The van der Waals surface area contributed by atoms with E-state index in [1.807, 2.05) is 4.90 Å². The minimum atomic E-state index is -0.400. The molecule has 2 aromatic carbocycles. The predicted octanol–water partition coefficient (Wildman–Crippen LogP) is 3.55. The molecule has 0 bridgehead atoms. The Bertz CT molecular complexity index is 1400. The van der Waals surface area contributed by atoms with E-state index in [-0.39, 0.29) is 22.9 Å². The lowest BCUT2D eigenvalue weighted by atomic mass is 10.1. The molecule has 1 fully saturated rings. The molecule has 0 amide bonds. The van der Waals surface area contributed by atoms with Crippen LogP contribution in [-0.4, -0.2) is 62.5 Å². The number of aromatic hydroxyl groups is 1. The van der Waals surface area contributed by atoms with Crippen LogP contribution in [0.25, 0.3) is 22.8 Å². The molecule has 3 heterocycles. The van der Waals surface area contributed by atoms with Gasteiger partial charge in [-0.3, -0.25) is 24.8 Å². The molecule has 182 valence electrons. The molecule has 36 heavy (non-hydrogen) atoms. The van der Waals surface area contributed by atoms with Gasteiger partial charge in [-0.25, -0.2) is 0 Å². The van der Waals surface area contributed by atoms with E-state index >= 15 is 0 Å². The molecular formula is C25H22N6O5. The topological polar surface area (TPSA) is 139 Å². The number of phenolic OH excluding ortho intramolecular Hbond substituents is 1. The summed E-state index contributed by atoms with van der Waals surface area (Å²) in [6.07, 6.45) is 3.88. The van der Waals surface area contributed by atoms with Crippen LogP contribution in [0.1, 0.15) is 15.9 Å². The molecule has 0 spiro atoms. The molecule has 5 rings (SSSR count). The number of hydrogen-bond acceptors (Lipinski definition) is 10. The molecule has 0 saturated carbocycles. The standard InChI is InChI=1S/C25H22N6O5/c32-16-20-13-17(1-4-23(20)33)15-29-9-11-30(12-10-29)21-3-2-19(14-22(21)31(34)35)25-27-24(28-36-25)18-5-7-26-8-6-18/h1-8,13-14,16,33H,9-12,15H2. The Kier molecular flexibility index (Phi) is 6.37. The van der Waals surface area contributed by atoms with Crippen LogP contribution < -0.4 is 4.90 Å². The minimum absolute atomic E-state index is 0.0289. The van der Waals surface area contributed by atoms with Gasteiger partial charge in [-0.05, 0) is 42.0 Å². The van der Waals surface area contributed by atoms with E-state index in [4.69, 9.17) is 4.52 Å². The van der Waals surface area contributed by atoms with Gasteiger partial charge in [-0.1, -0.05) is 11.2 Å². The van der Waals surface area contributed by atoms with Gasteiger partial charge in [0, 0.05) is 62.3 Å². The summed E-state index contributed by atoms with van der Waals surface area (Å²) in [4.78, 5) is 35.1. The second kappa shape index (κ2) is 9.92. The van der Waals surface area contributed by atoms with Crippen LogP contribution in [0.2, 0.25) is 0 Å². The van der Waals surface area contributed by atoms with Gasteiger partial charge in [-0.15, -0.1) is 0 Å². The van der Waals surface area contributed by atoms with Crippen molar-refractivity contribution in [1.29, 1.82) is 0 Å². The lowest BCUT2D eigenvalue weighted by molar-refractivity contribution is -0.384. The summed E-state index contributed by atoms with van der Waals surface area (Å²) in [5.74, 6) is 0.539. The van der Waals surface area contributed by atoms with Crippen LogP contribution in [0.5, 0.6) is 5.75 Å². The smallest absolute Gasteiger partial charge is 0.293 e. The van der Waals surface area contributed by atoms with Crippen molar-refractivity contribution in [3.8, 4) is 28.6 Å². The number of carbonyl (C=O) groups excluding carboxylic acids is 1. The zero-order chi connectivity index (χ0) is 25.1. The summed E-state index contributed by atoms with van der Waals surface area (Å²) in [6, 6.07) is 13.4. The number of rotatable bonds is 7. The van der Waals surface area contributed by atoms with Crippen LogP contribution in [0.4, 0.5) is 11.4 Å². The van der Waals surface area contributed by atoms with E-state index in [0.29, 0.717) is 56.1 Å². The molecule has 11 nitrogen and oxygen atoms in total. The van der Waals surface area contributed by atoms with Crippen molar-refractivity contribution in [3.63, 3.8) is 0 Å². The van der Waals surface area contributed by atoms with E-state index < -0.39 is 4.92 Å². The number of piperazine rings is 1. The van der Waals surface area contributed by atoms with Crippen molar-refractivity contribution in [1.82, 2.24) is 20.0 Å². The SMILES string of the molecule is O=Cc1cc(CN2CCN(c3ccc(-c4nc(-c5ccncc5)no4)cc3[N+](=O)[O-])CC2)ccc1O. The number of pyridine rings is 1. The molecular weight excluding hydrogens is 464 g/mol. The van der Waals surface area contributed by atoms with Gasteiger partial charge < -0.3 is 14.5 Å². The molecule has 11 heteroatoms. The highest BCUT2D eigenvalue weighted by Crippen LogP contribution is 2.34. The minimum Gasteiger partial charge on any atom is -0.507 e. The summed E-state index contributed by atoms with van der Waals surface area (Å²) >= 11 is 0. The van der Waals surface area contributed by atoms with Crippen LogP contribution in [0.3, 0.4) is 0 Å². The highest BCUT2D eigenvalue weighted by Gasteiger charge is 2.25. The first-order chi connectivity index (χ1) is 17.5. The fraction of sp³-hybridized carbons (Fsp3) is 0.200. The van der Waals surface area contributed by atoms with Gasteiger partial charge in [0.15, 0.2) is 6.29 Å². The van der Waals surface area contributed by atoms with Crippen LogP contribution >= 0.6 is 0 Å². The van der Waals surface area contributed by atoms with Gasteiger partial charge in [0.2, 0.25) is 5.82 Å². The monoisotopic (exact) mass is 486 g/mol. The van der Waals surface area contributed by atoms with E-state index in [1.54, 1.807) is 48.8 Å². The second-order valence-electron chi connectivity index (χ2n) is 8.39. The van der Waals surface area contributed by atoms with Crippen molar-refractivity contribution in [2.45, 2.75) is 6.54 Å². The lowest BCUT2D eigenvalue weighted by Crippen LogP contribution is -2.46. The van der Waals surface area contributed by atoms with Gasteiger partial charge in [0.1, 0.15) is 11.4 Å². The lowest BCUT2D eigenvalue weighted by Gasteiger charge is -2.35. The summed E-state index contributed by atoms with van der Waals surface area (Å²) in [7, 11) is 0. The Labute approximate surface area is 205 Å². The average Bonchev–Trinajstić information content (AvgIpc) is 3.41. The van der Waals surface area contributed by atoms with Crippen molar-refractivity contribution in [2.75, 3.05) is 31.1 Å². The highest BCUT2D eigenvalue weighted by atomic mass is 16.6. The van der Waals surface area contributed by atoms with Gasteiger partial charge >= 0.3 is 0 Å². The maximum Gasteiger partial charge on any atom is 0.293 e. The van der Waals surface area contributed by atoms with Gasteiger partial charge in [-0.2, -0.15) is 4.98 Å². The summed E-state index contributed by atoms with van der Waals surface area (Å²) in [6.45, 7) is 3.20. The van der Waals surface area contributed by atoms with E-state index in [9.17, 15) is 20.0 Å². The van der Waals surface area contributed by atoms with Gasteiger partial charge in [0.25, 0.3) is 11.6 Å². The number of benzene rings is 2. The summed E-state index contributed by atoms with van der Waals surface area (Å²) in [5, 5.41) is 25.6. The number of aromatic nitrogens is 3. The van der Waals surface area contributed by atoms with E-state index in [1.165, 1.54) is 12.1 Å². The number of anilines is 1. The Morgan fingerprint density at radius 1 is 1.03 bits per heavy atom. The van der Waals surface area contributed by atoms with E-state index in [2.05, 4.69) is 20.0 Å². The van der Waals surface area contributed by atoms with Crippen molar-refractivity contribution < 1.29 is 19.3 Å².